The lowest BCUT2D eigenvalue weighted by molar-refractivity contribution is 0.402. The molecule has 19 heavy (non-hydrogen) atoms. The molecule has 0 aliphatic carbocycles. The minimum Gasteiger partial charge on any atom is -0.495 e. The van der Waals surface area contributed by atoms with Crippen LogP contribution in [0.15, 0.2) is 29.4 Å². The van der Waals surface area contributed by atoms with Crippen molar-refractivity contribution in [2.75, 3.05) is 12.8 Å². The standard InChI is InChI=1S/C10H13N5O3S/c1-18-8-3-2-7(11)4-9(8)19(16,17)14-5-10-12-6-13-15-10/h2-4,6,14H,5,11H2,1H3,(H,12,13,15). The molecule has 8 nitrogen and oxygen atoms in total. The van der Waals surface area contributed by atoms with E-state index < -0.39 is 10.0 Å². The highest BCUT2D eigenvalue weighted by Gasteiger charge is 2.19. The molecular formula is C10H13N5O3S. The average molecular weight is 283 g/mol. The third-order valence-electron chi connectivity index (χ3n) is 2.37. The summed E-state index contributed by atoms with van der Waals surface area (Å²) in [6, 6.07) is 4.40. The van der Waals surface area contributed by atoms with E-state index in [0.717, 1.165) is 0 Å². The van der Waals surface area contributed by atoms with Gasteiger partial charge >= 0.3 is 0 Å². The third-order valence-corrected chi connectivity index (χ3v) is 3.79. The number of nitrogens with one attached hydrogen (secondary N) is 2. The van der Waals surface area contributed by atoms with Crippen molar-refractivity contribution in [3.05, 3.63) is 30.4 Å². The van der Waals surface area contributed by atoms with Gasteiger partial charge in [-0.3, -0.25) is 5.10 Å². The Bertz CT molecular complexity index is 654. The molecule has 0 radical (unpaired) electrons. The number of H-pyrrole nitrogens is 1. The van der Waals surface area contributed by atoms with Gasteiger partial charge in [-0.05, 0) is 18.2 Å². The molecule has 0 amide bonds. The van der Waals surface area contributed by atoms with Gasteiger partial charge in [0.15, 0.2) is 0 Å². The molecule has 1 aromatic heterocycles. The van der Waals surface area contributed by atoms with Crippen molar-refractivity contribution in [1.29, 1.82) is 0 Å². The van der Waals surface area contributed by atoms with Crippen LogP contribution >= 0.6 is 0 Å². The first-order valence-electron chi connectivity index (χ1n) is 5.30. The van der Waals surface area contributed by atoms with Gasteiger partial charge in [-0.2, -0.15) is 5.10 Å². The molecule has 0 aliphatic rings. The van der Waals surface area contributed by atoms with Crippen molar-refractivity contribution < 1.29 is 13.2 Å². The van der Waals surface area contributed by atoms with E-state index in [4.69, 9.17) is 10.5 Å². The van der Waals surface area contributed by atoms with Gasteiger partial charge in [0.05, 0.1) is 13.7 Å². The lowest BCUT2D eigenvalue weighted by atomic mass is 10.3. The van der Waals surface area contributed by atoms with Gasteiger partial charge < -0.3 is 10.5 Å². The Morgan fingerprint density at radius 2 is 2.26 bits per heavy atom. The highest BCUT2D eigenvalue weighted by molar-refractivity contribution is 7.89. The van der Waals surface area contributed by atoms with Crippen molar-refractivity contribution >= 4 is 15.7 Å². The third kappa shape index (κ3) is 3.01. The Hall–Kier alpha value is -2.13. The molecule has 102 valence electrons. The Morgan fingerprint density at radius 3 is 2.89 bits per heavy atom. The van der Waals surface area contributed by atoms with E-state index >= 15 is 0 Å². The van der Waals surface area contributed by atoms with E-state index in [9.17, 15) is 8.42 Å². The van der Waals surface area contributed by atoms with Crippen LogP contribution < -0.4 is 15.2 Å². The van der Waals surface area contributed by atoms with Crippen molar-refractivity contribution in [1.82, 2.24) is 19.9 Å². The summed E-state index contributed by atoms with van der Waals surface area (Å²) in [5.74, 6) is 0.630. The van der Waals surface area contributed by atoms with Crippen LogP contribution in [0, 0.1) is 0 Å². The second kappa shape index (κ2) is 5.24. The highest BCUT2D eigenvalue weighted by Crippen LogP contribution is 2.25. The molecule has 0 unspecified atom stereocenters. The number of methoxy groups -OCH3 is 1. The Balaban J connectivity index is 2.26. The average Bonchev–Trinajstić information content (AvgIpc) is 2.89. The summed E-state index contributed by atoms with van der Waals surface area (Å²) in [6.45, 7) is 0.000284. The van der Waals surface area contributed by atoms with Crippen LogP contribution in [-0.4, -0.2) is 30.7 Å². The summed E-state index contributed by atoms with van der Waals surface area (Å²) in [4.78, 5) is 3.80. The minimum absolute atomic E-state index is 0.000284. The zero-order valence-electron chi connectivity index (χ0n) is 10.1. The van der Waals surface area contributed by atoms with Crippen LogP contribution in [0.25, 0.3) is 0 Å². The van der Waals surface area contributed by atoms with Crippen molar-refractivity contribution in [2.45, 2.75) is 11.4 Å². The van der Waals surface area contributed by atoms with Crippen molar-refractivity contribution in [3.8, 4) is 5.75 Å². The summed E-state index contributed by atoms with van der Waals surface area (Å²) in [5.41, 5.74) is 5.93. The van der Waals surface area contributed by atoms with Crippen molar-refractivity contribution in [3.63, 3.8) is 0 Å². The molecule has 2 aromatic rings. The first-order valence-corrected chi connectivity index (χ1v) is 6.78. The van der Waals surface area contributed by atoms with E-state index in [1.807, 2.05) is 0 Å². The smallest absolute Gasteiger partial charge is 0.244 e. The van der Waals surface area contributed by atoms with Gasteiger partial charge in [0.25, 0.3) is 0 Å². The maximum absolute atomic E-state index is 12.2. The highest BCUT2D eigenvalue weighted by atomic mass is 32.2. The predicted molar refractivity (Wildman–Crippen MR) is 67.8 cm³/mol. The normalized spacial score (nSPS) is 11.4. The zero-order chi connectivity index (χ0) is 13.9. The molecule has 0 bridgehead atoms. The molecular weight excluding hydrogens is 270 g/mol. The van der Waals surface area contributed by atoms with E-state index in [2.05, 4.69) is 19.9 Å². The number of benzene rings is 1. The number of nitrogens with two attached hydrogens (primary N) is 1. The number of aromatic nitrogens is 3. The number of aromatic amines is 1. The van der Waals surface area contributed by atoms with Crippen LogP contribution in [0.5, 0.6) is 5.75 Å². The lowest BCUT2D eigenvalue weighted by Crippen LogP contribution is -2.24. The minimum atomic E-state index is -3.74. The largest absolute Gasteiger partial charge is 0.495 e. The van der Waals surface area contributed by atoms with Crippen molar-refractivity contribution in [2.24, 2.45) is 0 Å². The van der Waals surface area contributed by atoms with E-state index in [0.29, 0.717) is 11.5 Å². The Morgan fingerprint density at radius 1 is 1.47 bits per heavy atom. The van der Waals surface area contributed by atoms with Crippen LogP contribution in [0.4, 0.5) is 5.69 Å². The van der Waals surface area contributed by atoms with Crippen LogP contribution in [0.1, 0.15) is 5.82 Å². The summed E-state index contributed by atoms with van der Waals surface area (Å²) in [7, 11) is -2.35. The second-order valence-corrected chi connectivity index (χ2v) is 5.40. The summed E-state index contributed by atoms with van der Waals surface area (Å²) in [6.07, 6.45) is 1.30. The Kier molecular flexibility index (Phi) is 3.67. The van der Waals surface area contributed by atoms with E-state index in [1.165, 1.54) is 25.6 Å². The lowest BCUT2D eigenvalue weighted by Gasteiger charge is -2.10. The number of hydrogen-bond acceptors (Lipinski definition) is 6. The molecule has 4 N–H and O–H groups in total. The first-order chi connectivity index (χ1) is 9.03. The fourth-order valence-corrected chi connectivity index (χ4v) is 2.65. The quantitative estimate of drug-likeness (QED) is 0.657. The fraction of sp³-hybridized carbons (Fsp3) is 0.200. The number of nitrogens with zero attached hydrogens (tertiary/aromatic N) is 2. The number of rotatable bonds is 5. The summed E-state index contributed by atoms with van der Waals surface area (Å²) in [5, 5.41) is 6.18. The van der Waals surface area contributed by atoms with Gasteiger partial charge in [-0.15, -0.1) is 0 Å². The van der Waals surface area contributed by atoms with E-state index in [-0.39, 0.29) is 17.2 Å². The van der Waals surface area contributed by atoms with Gasteiger partial charge in [0, 0.05) is 5.69 Å². The molecule has 0 fully saturated rings. The predicted octanol–water partition coefficient (Wildman–Crippen LogP) is -0.126. The monoisotopic (exact) mass is 283 g/mol. The molecule has 0 saturated carbocycles. The molecule has 2 rings (SSSR count). The first kappa shape index (κ1) is 13.3. The number of hydrogen-bond donors (Lipinski definition) is 3. The van der Waals surface area contributed by atoms with E-state index in [1.54, 1.807) is 6.07 Å². The molecule has 0 atom stereocenters. The topological polar surface area (TPSA) is 123 Å². The summed E-state index contributed by atoms with van der Waals surface area (Å²) >= 11 is 0. The van der Waals surface area contributed by atoms with Crippen LogP contribution in [0.3, 0.4) is 0 Å². The maximum atomic E-state index is 12.2. The molecule has 1 aromatic carbocycles. The van der Waals surface area contributed by atoms with Gasteiger partial charge in [0.2, 0.25) is 10.0 Å². The number of sulfonamides is 1. The molecule has 1 heterocycles. The fourth-order valence-electron chi connectivity index (χ4n) is 1.46. The van der Waals surface area contributed by atoms with Gasteiger partial charge in [0.1, 0.15) is 22.8 Å². The number of ether oxygens (including phenoxy) is 1. The van der Waals surface area contributed by atoms with Gasteiger partial charge in [-0.25, -0.2) is 18.1 Å². The van der Waals surface area contributed by atoms with Crippen LogP contribution in [-0.2, 0) is 16.6 Å². The zero-order valence-corrected chi connectivity index (χ0v) is 10.9. The number of nitrogen functional groups attached to an aromatic ring is 1. The van der Waals surface area contributed by atoms with Crippen LogP contribution in [0.2, 0.25) is 0 Å². The molecule has 0 spiro atoms. The molecule has 0 saturated heterocycles. The maximum Gasteiger partial charge on any atom is 0.244 e. The second-order valence-electron chi connectivity index (χ2n) is 3.67. The number of anilines is 1. The molecule has 0 aliphatic heterocycles. The SMILES string of the molecule is COc1ccc(N)cc1S(=O)(=O)NCc1ncn[nH]1. The molecule has 9 heteroatoms. The van der Waals surface area contributed by atoms with Gasteiger partial charge in [-0.1, -0.05) is 0 Å². The summed E-state index contributed by atoms with van der Waals surface area (Å²) < 4.78 is 31.7. The Labute approximate surface area is 110 Å².